The number of aryl methyl sites for hydroxylation is 1. The Kier molecular flexibility index (Phi) is 4.65. The van der Waals surface area contributed by atoms with Crippen LogP contribution in [0.15, 0.2) is 16.5 Å². The molecule has 1 aliphatic heterocycles. The van der Waals surface area contributed by atoms with E-state index in [1.54, 1.807) is 0 Å². The van der Waals surface area contributed by atoms with Gasteiger partial charge in [0.2, 0.25) is 0 Å². The first-order chi connectivity index (χ1) is 11.8. The number of methoxy groups -OCH3 is 1. The van der Waals surface area contributed by atoms with Gasteiger partial charge >= 0.3 is 6.18 Å². The number of ether oxygens (including phenoxy) is 3. The smallest absolute Gasteiger partial charge is 0.433 e. The van der Waals surface area contributed by atoms with E-state index in [9.17, 15) is 13.2 Å². The molecule has 0 aliphatic carbocycles. The lowest BCUT2D eigenvalue weighted by molar-refractivity contribution is -0.141. The molecule has 136 valence electrons. The third kappa shape index (κ3) is 3.59. The van der Waals surface area contributed by atoms with Crippen molar-refractivity contribution in [1.82, 2.24) is 15.2 Å². The Morgan fingerprint density at radius 2 is 2.08 bits per heavy atom. The van der Waals surface area contributed by atoms with Crippen LogP contribution in [0.25, 0.3) is 0 Å². The first kappa shape index (κ1) is 17.6. The van der Waals surface area contributed by atoms with Crippen LogP contribution in [0.2, 0.25) is 0 Å². The van der Waals surface area contributed by atoms with E-state index in [1.165, 1.54) is 20.1 Å². The number of alkyl halides is 3. The summed E-state index contributed by atoms with van der Waals surface area (Å²) in [6, 6.07) is 2.07. The summed E-state index contributed by atoms with van der Waals surface area (Å²) in [5.41, 5.74) is -1.62. The van der Waals surface area contributed by atoms with E-state index in [2.05, 4.69) is 15.2 Å². The maximum Gasteiger partial charge on any atom is 0.433 e. The topological polar surface area (TPSA) is 79.5 Å². The van der Waals surface area contributed by atoms with E-state index in [1.807, 2.05) is 0 Å². The normalized spacial score (nSPS) is 20.8. The molecular formula is C15H16F3N3O4. The molecule has 10 heteroatoms. The van der Waals surface area contributed by atoms with Crippen LogP contribution in [0.1, 0.15) is 29.6 Å². The summed E-state index contributed by atoms with van der Waals surface area (Å²) < 4.78 is 59.6. The van der Waals surface area contributed by atoms with Gasteiger partial charge in [-0.05, 0) is 19.1 Å². The third-order valence-electron chi connectivity index (χ3n) is 3.91. The second kappa shape index (κ2) is 6.60. The molecule has 1 saturated heterocycles. The number of hydrogen-bond acceptors (Lipinski definition) is 7. The molecule has 1 fully saturated rings. The monoisotopic (exact) mass is 359 g/mol. The second-order valence-electron chi connectivity index (χ2n) is 5.57. The van der Waals surface area contributed by atoms with E-state index in [4.69, 9.17) is 18.6 Å². The van der Waals surface area contributed by atoms with Crippen molar-refractivity contribution in [2.45, 2.75) is 31.7 Å². The number of nitrogens with zero attached hydrogens (tertiary/aromatic N) is 3. The maximum absolute atomic E-state index is 12.6. The van der Waals surface area contributed by atoms with Gasteiger partial charge in [-0.1, -0.05) is 0 Å². The van der Waals surface area contributed by atoms with Gasteiger partial charge in [0.1, 0.15) is 11.4 Å². The molecule has 7 nitrogen and oxygen atoms in total. The van der Waals surface area contributed by atoms with Crippen molar-refractivity contribution in [1.29, 1.82) is 0 Å². The van der Waals surface area contributed by atoms with Crippen LogP contribution in [0, 0.1) is 6.92 Å². The molecule has 25 heavy (non-hydrogen) atoms. The standard InChI is InChI=1S/C15H16F3N3O4/c1-9-10(3-4-11(19-9)15(16,17)18)24-7-12-20-21-13(25-12)14(22-2)5-6-23-8-14/h3-4H,5-8H2,1-2H3. The molecule has 0 spiro atoms. The second-order valence-corrected chi connectivity index (χ2v) is 5.57. The highest BCUT2D eigenvalue weighted by Gasteiger charge is 2.42. The fraction of sp³-hybridized carbons (Fsp3) is 0.533. The molecule has 0 saturated carbocycles. The summed E-state index contributed by atoms with van der Waals surface area (Å²) in [6.07, 6.45) is -3.91. The van der Waals surface area contributed by atoms with Crippen LogP contribution >= 0.6 is 0 Å². The highest BCUT2D eigenvalue weighted by Crippen LogP contribution is 2.33. The minimum absolute atomic E-state index is 0.0957. The Hall–Kier alpha value is -2.20. The van der Waals surface area contributed by atoms with Crippen LogP contribution in [0.5, 0.6) is 5.75 Å². The number of halogens is 3. The first-order valence-electron chi connectivity index (χ1n) is 7.47. The zero-order valence-electron chi connectivity index (χ0n) is 13.6. The molecule has 0 aromatic carbocycles. The fourth-order valence-electron chi connectivity index (χ4n) is 2.46. The van der Waals surface area contributed by atoms with Gasteiger partial charge < -0.3 is 18.6 Å². The molecule has 1 atom stereocenters. The Bertz CT molecular complexity index is 742. The summed E-state index contributed by atoms with van der Waals surface area (Å²) >= 11 is 0. The van der Waals surface area contributed by atoms with Crippen molar-refractivity contribution in [3.63, 3.8) is 0 Å². The van der Waals surface area contributed by atoms with Gasteiger partial charge in [-0.25, -0.2) is 4.98 Å². The Morgan fingerprint density at radius 1 is 1.28 bits per heavy atom. The molecule has 0 amide bonds. The van der Waals surface area contributed by atoms with Crippen LogP contribution < -0.4 is 4.74 Å². The highest BCUT2D eigenvalue weighted by molar-refractivity contribution is 5.29. The SMILES string of the molecule is COC1(c2nnc(COc3ccc(C(F)(F)F)nc3C)o2)CCOC1. The molecule has 1 aliphatic rings. The molecule has 0 bridgehead atoms. The lowest BCUT2D eigenvalue weighted by Gasteiger charge is -2.20. The average Bonchev–Trinajstić information content (AvgIpc) is 3.22. The van der Waals surface area contributed by atoms with E-state index >= 15 is 0 Å². The number of hydrogen-bond donors (Lipinski definition) is 0. The van der Waals surface area contributed by atoms with Gasteiger partial charge in [-0.3, -0.25) is 0 Å². The summed E-state index contributed by atoms with van der Waals surface area (Å²) in [6.45, 7) is 2.17. The largest absolute Gasteiger partial charge is 0.482 e. The Balaban J connectivity index is 1.69. The van der Waals surface area contributed by atoms with Crippen LogP contribution in [0.3, 0.4) is 0 Å². The van der Waals surface area contributed by atoms with Gasteiger partial charge in [-0.15, -0.1) is 10.2 Å². The molecule has 0 radical (unpaired) electrons. The predicted octanol–water partition coefficient (Wildman–Crippen LogP) is 2.63. The molecular weight excluding hydrogens is 343 g/mol. The molecule has 1 unspecified atom stereocenters. The number of rotatable bonds is 5. The van der Waals surface area contributed by atoms with E-state index in [0.29, 0.717) is 19.6 Å². The third-order valence-corrected chi connectivity index (χ3v) is 3.91. The Labute approximate surface area is 141 Å². The van der Waals surface area contributed by atoms with Gasteiger partial charge in [0.25, 0.3) is 11.8 Å². The minimum atomic E-state index is -4.50. The van der Waals surface area contributed by atoms with E-state index in [0.717, 1.165) is 6.07 Å². The number of aromatic nitrogens is 3. The quantitative estimate of drug-likeness (QED) is 0.812. The molecule has 3 heterocycles. The summed E-state index contributed by atoms with van der Waals surface area (Å²) in [5.74, 6) is 0.671. The van der Waals surface area contributed by atoms with E-state index < -0.39 is 17.5 Å². The van der Waals surface area contributed by atoms with Crippen molar-refractivity contribution in [2.75, 3.05) is 20.3 Å². The Morgan fingerprint density at radius 3 is 2.68 bits per heavy atom. The zero-order valence-corrected chi connectivity index (χ0v) is 13.6. The number of pyridine rings is 1. The lowest BCUT2D eigenvalue weighted by Crippen LogP contribution is -2.29. The molecule has 0 N–H and O–H groups in total. The van der Waals surface area contributed by atoms with Crippen molar-refractivity contribution in [2.24, 2.45) is 0 Å². The fourth-order valence-corrected chi connectivity index (χ4v) is 2.46. The van der Waals surface area contributed by atoms with Crippen molar-refractivity contribution in [3.8, 4) is 5.75 Å². The van der Waals surface area contributed by atoms with Crippen molar-refractivity contribution >= 4 is 0 Å². The lowest BCUT2D eigenvalue weighted by atomic mass is 10.0. The van der Waals surface area contributed by atoms with Crippen molar-refractivity contribution < 1.29 is 31.8 Å². The summed E-state index contributed by atoms with van der Waals surface area (Å²) in [4.78, 5) is 3.50. The van der Waals surface area contributed by atoms with Crippen LogP contribution in [-0.2, 0) is 27.9 Å². The minimum Gasteiger partial charge on any atom is -0.482 e. The zero-order chi connectivity index (χ0) is 18.1. The maximum atomic E-state index is 12.6. The van der Waals surface area contributed by atoms with Crippen LogP contribution in [0.4, 0.5) is 13.2 Å². The van der Waals surface area contributed by atoms with Gasteiger partial charge in [0.15, 0.2) is 12.2 Å². The molecule has 2 aromatic rings. The van der Waals surface area contributed by atoms with E-state index in [-0.39, 0.29) is 29.8 Å². The van der Waals surface area contributed by atoms with Gasteiger partial charge in [0.05, 0.1) is 18.9 Å². The van der Waals surface area contributed by atoms with Crippen LogP contribution in [-0.4, -0.2) is 35.5 Å². The summed E-state index contributed by atoms with van der Waals surface area (Å²) in [7, 11) is 1.53. The van der Waals surface area contributed by atoms with Gasteiger partial charge in [-0.2, -0.15) is 13.2 Å². The predicted molar refractivity (Wildman–Crippen MR) is 76.7 cm³/mol. The molecule has 2 aromatic heterocycles. The van der Waals surface area contributed by atoms with Crippen molar-refractivity contribution in [3.05, 3.63) is 35.3 Å². The average molecular weight is 359 g/mol. The molecule has 3 rings (SSSR count). The first-order valence-corrected chi connectivity index (χ1v) is 7.47. The highest BCUT2D eigenvalue weighted by atomic mass is 19.4. The summed E-state index contributed by atoms with van der Waals surface area (Å²) in [5, 5.41) is 7.83. The van der Waals surface area contributed by atoms with Gasteiger partial charge in [0, 0.05) is 13.5 Å².